The zero-order chi connectivity index (χ0) is 13.3. The van der Waals surface area contributed by atoms with Crippen molar-refractivity contribution in [2.75, 3.05) is 5.73 Å². The largest absolute Gasteiger partial charge is 0.435 e. The maximum atomic E-state index is 12.4. The molecule has 2 rings (SSSR count). The van der Waals surface area contributed by atoms with E-state index in [1.165, 1.54) is 10.9 Å². The molecule has 1 heterocycles. The highest BCUT2D eigenvalue weighted by molar-refractivity contribution is 5.40. The number of benzene rings is 1. The van der Waals surface area contributed by atoms with Crippen LogP contribution in [-0.4, -0.2) is 9.78 Å². The van der Waals surface area contributed by atoms with E-state index in [4.69, 9.17) is 5.73 Å². The molecule has 1 atom stereocenters. The molecule has 0 spiro atoms. The molecule has 0 aliphatic carbocycles. The lowest BCUT2D eigenvalue weighted by atomic mass is 10.1. The lowest BCUT2D eigenvalue weighted by Crippen LogP contribution is -2.11. The number of hydrogen-bond acceptors (Lipinski definition) is 2. The van der Waals surface area contributed by atoms with Crippen LogP contribution in [0.25, 0.3) is 0 Å². The molecule has 0 saturated heterocycles. The van der Waals surface area contributed by atoms with Gasteiger partial charge in [0, 0.05) is 11.9 Å². The Hall–Kier alpha value is -1.98. The van der Waals surface area contributed by atoms with Crippen molar-refractivity contribution in [1.82, 2.24) is 9.78 Å². The molecule has 18 heavy (non-hydrogen) atoms. The number of nitrogens with zero attached hydrogens (tertiary/aromatic N) is 2. The smallest absolute Gasteiger partial charge is 0.399 e. The first kappa shape index (κ1) is 12.5. The van der Waals surface area contributed by atoms with Crippen molar-refractivity contribution in [3.63, 3.8) is 0 Å². The van der Waals surface area contributed by atoms with Gasteiger partial charge in [0.25, 0.3) is 0 Å². The number of nitrogen functional groups attached to an aromatic ring is 1. The summed E-state index contributed by atoms with van der Waals surface area (Å²) in [6, 6.07) is 7.65. The number of hydrogen-bond donors (Lipinski definition) is 1. The molecular weight excluding hydrogens is 243 g/mol. The fraction of sp³-hybridized carbons (Fsp3) is 0.250. The van der Waals surface area contributed by atoms with Crippen LogP contribution >= 0.6 is 0 Å². The summed E-state index contributed by atoms with van der Waals surface area (Å²) in [7, 11) is 0. The Labute approximate surface area is 102 Å². The fourth-order valence-electron chi connectivity index (χ4n) is 1.63. The lowest BCUT2D eigenvalue weighted by Gasteiger charge is -2.13. The van der Waals surface area contributed by atoms with Crippen molar-refractivity contribution in [1.29, 1.82) is 0 Å². The number of anilines is 1. The van der Waals surface area contributed by atoms with E-state index in [1.54, 1.807) is 31.2 Å². The summed E-state index contributed by atoms with van der Waals surface area (Å²) in [5.74, 6) is 0. The molecule has 96 valence electrons. The average Bonchev–Trinajstić information content (AvgIpc) is 2.78. The normalized spacial score (nSPS) is 13.6. The van der Waals surface area contributed by atoms with Gasteiger partial charge in [-0.1, -0.05) is 12.1 Å². The monoisotopic (exact) mass is 255 g/mol. The van der Waals surface area contributed by atoms with Crippen LogP contribution in [0.2, 0.25) is 0 Å². The van der Waals surface area contributed by atoms with Crippen LogP contribution in [0, 0.1) is 0 Å². The Balaban J connectivity index is 2.26. The molecule has 6 heteroatoms. The van der Waals surface area contributed by atoms with Gasteiger partial charge in [-0.2, -0.15) is 18.3 Å². The first-order chi connectivity index (χ1) is 8.38. The van der Waals surface area contributed by atoms with Gasteiger partial charge >= 0.3 is 6.18 Å². The second-order valence-corrected chi connectivity index (χ2v) is 4.02. The second kappa shape index (κ2) is 4.36. The number of nitrogens with two attached hydrogens (primary N) is 1. The lowest BCUT2D eigenvalue weighted by molar-refractivity contribution is -0.141. The molecule has 1 aromatic carbocycles. The Morgan fingerprint density at radius 1 is 1.17 bits per heavy atom. The number of halogens is 3. The number of rotatable bonds is 2. The molecule has 0 radical (unpaired) electrons. The summed E-state index contributed by atoms with van der Waals surface area (Å²) in [5, 5.41) is 3.54. The minimum absolute atomic E-state index is 0.276. The van der Waals surface area contributed by atoms with E-state index >= 15 is 0 Å². The molecular formula is C12H12F3N3. The summed E-state index contributed by atoms with van der Waals surface area (Å²) in [4.78, 5) is 0. The van der Waals surface area contributed by atoms with E-state index in [0.717, 1.165) is 11.6 Å². The molecule has 0 amide bonds. The van der Waals surface area contributed by atoms with Crippen molar-refractivity contribution in [3.05, 3.63) is 47.8 Å². The van der Waals surface area contributed by atoms with Crippen molar-refractivity contribution in [2.24, 2.45) is 0 Å². The van der Waals surface area contributed by atoms with Gasteiger partial charge in [-0.25, -0.2) is 0 Å². The van der Waals surface area contributed by atoms with Crippen LogP contribution in [0.5, 0.6) is 0 Å². The van der Waals surface area contributed by atoms with E-state index in [1.807, 2.05) is 0 Å². The molecule has 0 bridgehead atoms. The maximum absolute atomic E-state index is 12.4. The molecule has 0 aliphatic rings. The molecule has 1 aromatic heterocycles. The Kier molecular flexibility index (Phi) is 3.02. The van der Waals surface area contributed by atoms with Crippen LogP contribution < -0.4 is 5.73 Å². The van der Waals surface area contributed by atoms with E-state index in [0.29, 0.717) is 5.69 Å². The van der Waals surface area contributed by atoms with E-state index in [-0.39, 0.29) is 6.04 Å². The quantitative estimate of drug-likeness (QED) is 0.838. The molecule has 1 unspecified atom stereocenters. The minimum atomic E-state index is -4.41. The summed E-state index contributed by atoms with van der Waals surface area (Å²) < 4.78 is 38.6. The van der Waals surface area contributed by atoms with Gasteiger partial charge in [0.05, 0.1) is 6.04 Å². The highest BCUT2D eigenvalue weighted by Crippen LogP contribution is 2.28. The summed E-state index contributed by atoms with van der Waals surface area (Å²) >= 11 is 0. The van der Waals surface area contributed by atoms with Crippen molar-refractivity contribution < 1.29 is 13.2 Å². The fourth-order valence-corrected chi connectivity index (χ4v) is 1.63. The van der Waals surface area contributed by atoms with Gasteiger partial charge in [0.15, 0.2) is 5.69 Å². The molecule has 0 saturated carbocycles. The summed E-state index contributed by atoms with van der Waals surface area (Å²) in [6.07, 6.45) is -3.09. The summed E-state index contributed by atoms with van der Waals surface area (Å²) in [6.45, 7) is 1.78. The predicted molar refractivity (Wildman–Crippen MR) is 61.9 cm³/mol. The Morgan fingerprint density at radius 3 is 2.28 bits per heavy atom. The van der Waals surface area contributed by atoms with Crippen LogP contribution in [0.1, 0.15) is 24.2 Å². The van der Waals surface area contributed by atoms with Crippen molar-refractivity contribution >= 4 is 5.69 Å². The van der Waals surface area contributed by atoms with E-state index < -0.39 is 11.9 Å². The highest BCUT2D eigenvalue weighted by atomic mass is 19.4. The van der Waals surface area contributed by atoms with E-state index in [2.05, 4.69) is 5.10 Å². The zero-order valence-corrected chi connectivity index (χ0v) is 9.65. The van der Waals surface area contributed by atoms with Gasteiger partial charge in [-0.05, 0) is 30.7 Å². The van der Waals surface area contributed by atoms with Crippen molar-refractivity contribution in [3.8, 4) is 0 Å². The van der Waals surface area contributed by atoms with Gasteiger partial charge in [0.2, 0.25) is 0 Å². The van der Waals surface area contributed by atoms with Gasteiger partial charge in [-0.15, -0.1) is 0 Å². The topological polar surface area (TPSA) is 43.8 Å². The van der Waals surface area contributed by atoms with Crippen molar-refractivity contribution in [2.45, 2.75) is 19.1 Å². The minimum Gasteiger partial charge on any atom is -0.399 e. The summed E-state index contributed by atoms with van der Waals surface area (Å²) in [5.41, 5.74) is 6.13. The standard InChI is InChI=1S/C12H12F3N3/c1-8(9-2-4-10(16)5-3-9)18-7-6-11(17-18)12(13,14)15/h2-8H,16H2,1H3. The maximum Gasteiger partial charge on any atom is 0.435 e. The Morgan fingerprint density at radius 2 is 1.78 bits per heavy atom. The second-order valence-electron chi connectivity index (χ2n) is 4.02. The third kappa shape index (κ3) is 2.47. The molecule has 0 aliphatic heterocycles. The molecule has 2 N–H and O–H groups in total. The first-order valence-corrected chi connectivity index (χ1v) is 5.36. The SMILES string of the molecule is CC(c1ccc(N)cc1)n1ccc(C(F)(F)F)n1. The highest BCUT2D eigenvalue weighted by Gasteiger charge is 2.33. The third-order valence-corrected chi connectivity index (χ3v) is 2.71. The Bertz CT molecular complexity index is 528. The van der Waals surface area contributed by atoms with E-state index in [9.17, 15) is 13.2 Å². The molecule has 3 nitrogen and oxygen atoms in total. The van der Waals surface area contributed by atoms with Crippen LogP contribution in [0.3, 0.4) is 0 Å². The van der Waals surface area contributed by atoms with Gasteiger partial charge < -0.3 is 5.73 Å². The van der Waals surface area contributed by atoms with Crippen LogP contribution in [0.4, 0.5) is 18.9 Å². The van der Waals surface area contributed by atoms with Crippen LogP contribution in [0.15, 0.2) is 36.5 Å². The average molecular weight is 255 g/mol. The third-order valence-electron chi connectivity index (χ3n) is 2.71. The number of alkyl halides is 3. The number of aromatic nitrogens is 2. The van der Waals surface area contributed by atoms with Gasteiger partial charge in [-0.3, -0.25) is 4.68 Å². The molecule has 2 aromatic rings. The first-order valence-electron chi connectivity index (χ1n) is 5.36. The van der Waals surface area contributed by atoms with Gasteiger partial charge in [0.1, 0.15) is 0 Å². The predicted octanol–water partition coefficient (Wildman–Crippen LogP) is 3.09. The molecule has 0 fully saturated rings. The zero-order valence-electron chi connectivity index (χ0n) is 9.65. The van der Waals surface area contributed by atoms with Crippen LogP contribution in [-0.2, 0) is 6.18 Å².